The highest BCUT2D eigenvalue weighted by atomic mass is 35.5. The summed E-state index contributed by atoms with van der Waals surface area (Å²) in [5.74, 6) is 2.63. The molecule has 0 saturated carbocycles. The van der Waals surface area contributed by atoms with E-state index in [0.29, 0.717) is 24.7 Å². The molecule has 4 rings (SSSR count). The van der Waals surface area contributed by atoms with Crippen LogP contribution in [0.5, 0.6) is 0 Å². The van der Waals surface area contributed by atoms with Crippen molar-refractivity contribution in [3.05, 3.63) is 41.6 Å². The first-order valence-corrected chi connectivity index (χ1v) is 8.71. The average Bonchev–Trinajstić information content (AvgIpc) is 3.00. The lowest BCUT2D eigenvalue weighted by Gasteiger charge is -2.13. The zero-order valence-corrected chi connectivity index (χ0v) is 16.8. The monoisotopic (exact) mass is 423 g/mol. The Morgan fingerprint density at radius 1 is 1.04 bits per heavy atom. The molecular weight excluding hydrogens is 401 g/mol. The highest BCUT2D eigenvalue weighted by Gasteiger charge is 2.15. The Bertz CT molecular complexity index is 886. The molecule has 0 atom stereocenters. The van der Waals surface area contributed by atoms with Crippen LogP contribution in [0.1, 0.15) is 17.1 Å². The van der Waals surface area contributed by atoms with E-state index >= 15 is 0 Å². The highest BCUT2D eigenvalue weighted by molar-refractivity contribution is 5.85. The van der Waals surface area contributed by atoms with E-state index in [9.17, 15) is 0 Å². The Hall–Kier alpha value is -2.49. The van der Waals surface area contributed by atoms with Crippen molar-refractivity contribution in [3.8, 4) is 11.4 Å². The number of rotatable bonds is 5. The molecular formula is C17H23Cl2N9. The molecule has 0 amide bonds. The molecule has 3 aromatic rings. The fraction of sp³-hybridized carbons (Fsp3) is 0.353. The molecule has 9 nitrogen and oxygen atoms in total. The summed E-state index contributed by atoms with van der Waals surface area (Å²) in [5, 5.41) is 14.0. The average molecular weight is 424 g/mol. The van der Waals surface area contributed by atoms with Crippen molar-refractivity contribution in [3.63, 3.8) is 0 Å². The van der Waals surface area contributed by atoms with Gasteiger partial charge in [0, 0.05) is 49.5 Å². The van der Waals surface area contributed by atoms with Gasteiger partial charge in [0.1, 0.15) is 11.6 Å². The molecule has 11 heteroatoms. The van der Waals surface area contributed by atoms with Crippen molar-refractivity contribution < 1.29 is 0 Å². The van der Waals surface area contributed by atoms with E-state index < -0.39 is 0 Å². The summed E-state index contributed by atoms with van der Waals surface area (Å²) in [7, 11) is 0. The third-order valence-corrected chi connectivity index (χ3v) is 4.32. The Morgan fingerprint density at radius 2 is 1.82 bits per heavy atom. The van der Waals surface area contributed by atoms with E-state index in [2.05, 4.69) is 40.8 Å². The molecule has 0 aromatic carbocycles. The molecule has 28 heavy (non-hydrogen) atoms. The number of hydrogen-bond acceptors (Lipinski definition) is 8. The second-order valence-electron chi connectivity index (χ2n) is 6.12. The van der Waals surface area contributed by atoms with E-state index in [4.69, 9.17) is 5.73 Å². The smallest absolute Gasteiger partial charge is 0.222 e. The second-order valence-corrected chi connectivity index (χ2v) is 6.12. The maximum atomic E-state index is 5.87. The lowest BCUT2D eigenvalue weighted by molar-refractivity contribution is 0.708. The van der Waals surface area contributed by atoms with Crippen molar-refractivity contribution >= 4 is 36.6 Å². The molecule has 3 aromatic heterocycles. The van der Waals surface area contributed by atoms with Gasteiger partial charge in [-0.1, -0.05) is 0 Å². The molecule has 0 bridgehead atoms. The number of fused-ring (bicyclic) bond motifs is 1. The first-order chi connectivity index (χ1) is 12.8. The van der Waals surface area contributed by atoms with Crippen LogP contribution in [0.15, 0.2) is 24.5 Å². The summed E-state index contributed by atoms with van der Waals surface area (Å²) in [5.41, 5.74) is 8.99. The van der Waals surface area contributed by atoms with Crippen molar-refractivity contribution in [1.82, 2.24) is 35.5 Å². The van der Waals surface area contributed by atoms with Crippen LogP contribution in [0.25, 0.3) is 11.4 Å². The van der Waals surface area contributed by atoms with Gasteiger partial charge in [0.2, 0.25) is 5.95 Å². The minimum Gasteiger partial charge on any atom is -0.369 e. The maximum Gasteiger partial charge on any atom is 0.222 e. The first-order valence-electron chi connectivity index (χ1n) is 8.71. The molecule has 1 aliphatic heterocycles. The fourth-order valence-electron chi connectivity index (χ4n) is 3.05. The predicted octanol–water partition coefficient (Wildman–Crippen LogP) is 1.43. The van der Waals surface area contributed by atoms with Gasteiger partial charge in [-0.25, -0.2) is 9.97 Å². The quantitative estimate of drug-likeness (QED) is 0.484. The van der Waals surface area contributed by atoms with Crippen LogP contribution in [-0.4, -0.2) is 49.8 Å². The van der Waals surface area contributed by atoms with Crippen molar-refractivity contribution in [2.24, 2.45) is 0 Å². The van der Waals surface area contributed by atoms with E-state index in [-0.39, 0.29) is 24.8 Å². The molecule has 0 fully saturated rings. The number of anilines is 2. The molecule has 0 aliphatic carbocycles. The van der Waals surface area contributed by atoms with Gasteiger partial charge in [0.15, 0.2) is 5.82 Å². The molecule has 0 radical (unpaired) electrons. The molecule has 0 spiro atoms. The van der Waals surface area contributed by atoms with Gasteiger partial charge >= 0.3 is 0 Å². The lowest BCUT2D eigenvalue weighted by Crippen LogP contribution is -2.16. The van der Waals surface area contributed by atoms with Crippen LogP contribution in [0.3, 0.4) is 0 Å². The molecule has 4 heterocycles. The molecule has 0 unspecified atom stereocenters. The summed E-state index contributed by atoms with van der Waals surface area (Å²) in [6.45, 7) is 2.52. The Labute approximate surface area is 175 Å². The van der Waals surface area contributed by atoms with Gasteiger partial charge in [-0.3, -0.25) is 10.1 Å². The lowest BCUT2D eigenvalue weighted by atomic mass is 10.1. The Balaban J connectivity index is 0.00000140. The standard InChI is InChI=1S/C17H21N9.2ClH/c18-17-22-13-4-9-20-8-3-12(13)16(24-17)21-10-5-14-23-15(26-25-14)11-1-6-19-7-2-11;;/h1-2,6-7,20H,3-5,8-10H2,(H,23,25,26)(H3,18,21,22,24);2*1H. The maximum absolute atomic E-state index is 5.87. The van der Waals surface area contributed by atoms with Crippen LogP contribution in [0.4, 0.5) is 11.8 Å². The number of nitrogen functional groups attached to an aromatic ring is 1. The minimum atomic E-state index is 0. The molecule has 0 saturated heterocycles. The summed E-state index contributed by atoms with van der Waals surface area (Å²) in [4.78, 5) is 17.3. The number of halogens is 2. The summed E-state index contributed by atoms with van der Waals surface area (Å²) in [6, 6.07) is 3.77. The van der Waals surface area contributed by atoms with E-state index in [1.807, 2.05) is 12.1 Å². The largest absolute Gasteiger partial charge is 0.369 e. The SMILES string of the molecule is Cl.Cl.Nc1nc2c(c(NCCc3nc(-c4ccncc4)n[nH]3)n1)CCNCC2. The number of H-pyrrole nitrogens is 1. The second kappa shape index (κ2) is 10.2. The number of nitrogens with one attached hydrogen (secondary N) is 3. The van der Waals surface area contributed by atoms with Crippen LogP contribution < -0.4 is 16.4 Å². The van der Waals surface area contributed by atoms with Gasteiger partial charge in [0.25, 0.3) is 0 Å². The summed E-state index contributed by atoms with van der Waals surface area (Å²) >= 11 is 0. The zero-order valence-electron chi connectivity index (χ0n) is 15.2. The van der Waals surface area contributed by atoms with Crippen LogP contribution in [0, 0.1) is 0 Å². The predicted molar refractivity (Wildman–Crippen MR) is 113 cm³/mol. The van der Waals surface area contributed by atoms with Crippen LogP contribution in [-0.2, 0) is 19.3 Å². The minimum absolute atomic E-state index is 0. The number of nitrogens with zero attached hydrogens (tertiary/aromatic N) is 5. The first kappa shape index (κ1) is 21.8. The fourth-order valence-corrected chi connectivity index (χ4v) is 3.05. The molecule has 150 valence electrons. The van der Waals surface area contributed by atoms with Crippen molar-refractivity contribution in [2.75, 3.05) is 30.7 Å². The normalized spacial score (nSPS) is 12.9. The van der Waals surface area contributed by atoms with Gasteiger partial charge in [-0.2, -0.15) is 10.1 Å². The Kier molecular flexibility index (Phi) is 7.91. The van der Waals surface area contributed by atoms with Gasteiger partial charge < -0.3 is 16.4 Å². The number of pyridine rings is 1. The summed E-state index contributed by atoms with van der Waals surface area (Å²) < 4.78 is 0. The van der Waals surface area contributed by atoms with Crippen molar-refractivity contribution in [2.45, 2.75) is 19.3 Å². The van der Waals surface area contributed by atoms with E-state index in [1.165, 1.54) is 0 Å². The Morgan fingerprint density at radius 3 is 2.64 bits per heavy atom. The van der Waals surface area contributed by atoms with Crippen molar-refractivity contribution in [1.29, 1.82) is 0 Å². The van der Waals surface area contributed by atoms with Gasteiger partial charge in [-0.05, 0) is 25.1 Å². The zero-order chi connectivity index (χ0) is 17.8. The van der Waals surface area contributed by atoms with Crippen LogP contribution >= 0.6 is 24.8 Å². The van der Waals surface area contributed by atoms with E-state index in [1.54, 1.807) is 12.4 Å². The summed E-state index contributed by atoms with van der Waals surface area (Å²) in [6.07, 6.45) is 5.93. The molecule has 5 N–H and O–H groups in total. The third kappa shape index (κ3) is 5.06. The van der Waals surface area contributed by atoms with Gasteiger partial charge in [-0.15, -0.1) is 24.8 Å². The van der Waals surface area contributed by atoms with Gasteiger partial charge in [0.05, 0.1) is 5.69 Å². The number of nitrogens with two attached hydrogens (primary N) is 1. The number of aromatic nitrogens is 6. The van der Waals surface area contributed by atoms with Crippen LogP contribution in [0.2, 0.25) is 0 Å². The van der Waals surface area contributed by atoms with E-state index in [0.717, 1.165) is 54.4 Å². The third-order valence-electron chi connectivity index (χ3n) is 4.32. The number of hydrogen-bond donors (Lipinski definition) is 4. The topological polar surface area (TPSA) is 130 Å². The highest BCUT2D eigenvalue weighted by Crippen LogP contribution is 2.20. The molecule has 1 aliphatic rings. The number of aromatic amines is 1.